The van der Waals surface area contributed by atoms with E-state index in [-0.39, 0.29) is 12.3 Å². The van der Waals surface area contributed by atoms with Gasteiger partial charge in [-0.25, -0.2) is 4.98 Å². The molecule has 2 aromatic heterocycles. The number of carbonyl (C=O) groups excluding carboxylic acids is 1. The largest absolute Gasteiger partial charge is 0.369 e. The van der Waals surface area contributed by atoms with Crippen LogP contribution < -0.4 is 5.73 Å². The minimum Gasteiger partial charge on any atom is -0.369 e. The maximum absolute atomic E-state index is 10.6. The fourth-order valence-corrected chi connectivity index (χ4v) is 1.97. The second-order valence-electron chi connectivity index (χ2n) is 2.87. The molecule has 0 atom stereocenters. The van der Waals surface area contributed by atoms with Crippen molar-refractivity contribution in [3.05, 3.63) is 28.8 Å². The maximum atomic E-state index is 10.6. The summed E-state index contributed by atoms with van der Waals surface area (Å²) in [5.74, 6) is -0.347. The Bertz CT molecular complexity index is 433. The van der Waals surface area contributed by atoms with Gasteiger partial charge in [0.1, 0.15) is 5.01 Å². The highest BCUT2D eigenvalue weighted by Gasteiger charge is 2.06. The van der Waals surface area contributed by atoms with Crippen molar-refractivity contribution in [2.45, 2.75) is 6.42 Å². The number of rotatable bonds is 3. The molecule has 0 saturated carbocycles. The van der Waals surface area contributed by atoms with E-state index in [9.17, 15) is 4.79 Å². The summed E-state index contributed by atoms with van der Waals surface area (Å²) < 4.78 is 0. The lowest BCUT2D eigenvalue weighted by Crippen LogP contribution is -2.13. The number of hydrogen-bond donors (Lipinski definition) is 2. The lowest BCUT2D eigenvalue weighted by molar-refractivity contribution is -0.117. The van der Waals surface area contributed by atoms with Crippen LogP contribution in [0.15, 0.2) is 23.8 Å². The van der Waals surface area contributed by atoms with Gasteiger partial charge < -0.3 is 10.7 Å². The Kier molecular flexibility index (Phi) is 2.32. The molecule has 72 valence electrons. The van der Waals surface area contributed by atoms with Gasteiger partial charge in [0.15, 0.2) is 0 Å². The Hall–Kier alpha value is -1.62. The molecular formula is C9H9N3OS. The number of H-pyrrole nitrogens is 1. The fraction of sp³-hybridized carbons (Fsp3) is 0.111. The van der Waals surface area contributed by atoms with Gasteiger partial charge in [0.2, 0.25) is 5.91 Å². The molecule has 1 amide bonds. The number of nitrogens with one attached hydrogen (secondary N) is 1. The Morgan fingerprint density at radius 2 is 2.50 bits per heavy atom. The highest BCUT2D eigenvalue weighted by molar-refractivity contribution is 7.10. The highest BCUT2D eigenvalue weighted by Crippen LogP contribution is 2.21. The van der Waals surface area contributed by atoms with E-state index in [4.69, 9.17) is 5.73 Å². The highest BCUT2D eigenvalue weighted by atomic mass is 32.1. The first kappa shape index (κ1) is 8.96. The first-order chi connectivity index (χ1) is 6.75. The molecule has 2 aromatic rings. The van der Waals surface area contributed by atoms with Gasteiger partial charge in [-0.05, 0) is 6.07 Å². The van der Waals surface area contributed by atoms with E-state index >= 15 is 0 Å². The second-order valence-corrected chi connectivity index (χ2v) is 3.81. The molecule has 0 unspecified atom stereocenters. The van der Waals surface area contributed by atoms with Crippen LogP contribution >= 0.6 is 11.3 Å². The van der Waals surface area contributed by atoms with Gasteiger partial charge in [-0.1, -0.05) is 0 Å². The van der Waals surface area contributed by atoms with Crippen molar-refractivity contribution in [2.75, 3.05) is 0 Å². The van der Waals surface area contributed by atoms with Gasteiger partial charge in [-0.2, -0.15) is 0 Å². The van der Waals surface area contributed by atoms with E-state index in [1.54, 1.807) is 0 Å². The van der Waals surface area contributed by atoms with Gasteiger partial charge in [0.25, 0.3) is 0 Å². The summed E-state index contributed by atoms with van der Waals surface area (Å²) in [5, 5.41) is 2.68. The monoisotopic (exact) mass is 207 g/mol. The van der Waals surface area contributed by atoms with Crippen LogP contribution in [0.5, 0.6) is 0 Å². The molecule has 0 fully saturated rings. The van der Waals surface area contributed by atoms with Crippen molar-refractivity contribution in [1.29, 1.82) is 0 Å². The van der Waals surface area contributed by atoms with E-state index in [0.29, 0.717) is 0 Å². The molecular weight excluding hydrogens is 198 g/mol. The SMILES string of the molecule is NC(=O)Cc1nc(-c2cc[nH]c2)cs1. The average molecular weight is 207 g/mol. The molecule has 2 rings (SSSR count). The number of carbonyl (C=O) groups is 1. The van der Waals surface area contributed by atoms with Gasteiger partial charge in [0, 0.05) is 23.3 Å². The molecule has 0 saturated heterocycles. The topological polar surface area (TPSA) is 71.8 Å². The number of nitrogens with zero attached hydrogens (tertiary/aromatic N) is 1. The van der Waals surface area contributed by atoms with Gasteiger partial charge in [-0.15, -0.1) is 11.3 Å². The molecule has 3 N–H and O–H groups in total. The van der Waals surface area contributed by atoms with E-state index < -0.39 is 0 Å². The summed E-state index contributed by atoms with van der Waals surface area (Å²) in [6.45, 7) is 0. The third-order valence-electron chi connectivity index (χ3n) is 1.77. The number of thiazole rings is 1. The van der Waals surface area contributed by atoms with Crippen LogP contribution in [-0.2, 0) is 11.2 Å². The van der Waals surface area contributed by atoms with Crippen molar-refractivity contribution in [3.63, 3.8) is 0 Å². The van der Waals surface area contributed by atoms with Crippen LogP contribution in [0, 0.1) is 0 Å². The zero-order chi connectivity index (χ0) is 9.97. The average Bonchev–Trinajstić information content (AvgIpc) is 2.69. The van der Waals surface area contributed by atoms with Crippen LogP contribution in [0.4, 0.5) is 0 Å². The van der Waals surface area contributed by atoms with Crippen LogP contribution in [0.2, 0.25) is 0 Å². The summed E-state index contributed by atoms with van der Waals surface area (Å²) in [5.41, 5.74) is 6.98. The van der Waals surface area contributed by atoms with Crippen LogP contribution in [0.25, 0.3) is 11.3 Å². The molecule has 0 spiro atoms. The molecule has 5 heteroatoms. The Morgan fingerprint density at radius 3 is 3.14 bits per heavy atom. The number of aromatic nitrogens is 2. The van der Waals surface area contributed by atoms with Crippen LogP contribution in [0.3, 0.4) is 0 Å². The minimum absolute atomic E-state index is 0.217. The number of aromatic amines is 1. The van der Waals surface area contributed by atoms with Gasteiger partial charge in [-0.3, -0.25) is 4.79 Å². The fourth-order valence-electron chi connectivity index (χ4n) is 1.16. The maximum Gasteiger partial charge on any atom is 0.224 e. The lowest BCUT2D eigenvalue weighted by atomic mass is 10.3. The second kappa shape index (κ2) is 3.63. The summed E-state index contributed by atoms with van der Waals surface area (Å²) >= 11 is 1.45. The quantitative estimate of drug-likeness (QED) is 0.792. The zero-order valence-corrected chi connectivity index (χ0v) is 8.17. The van der Waals surface area contributed by atoms with E-state index in [1.165, 1.54) is 11.3 Å². The summed E-state index contributed by atoms with van der Waals surface area (Å²) in [7, 11) is 0. The molecule has 0 aromatic carbocycles. The van der Waals surface area contributed by atoms with Crippen molar-refractivity contribution >= 4 is 17.2 Å². The molecule has 4 nitrogen and oxygen atoms in total. The van der Waals surface area contributed by atoms with Crippen molar-refractivity contribution < 1.29 is 4.79 Å². The molecule has 0 radical (unpaired) electrons. The summed E-state index contributed by atoms with van der Waals surface area (Å²) in [4.78, 5) is 17.9. The third-order valence-corrected chi connectivity index (χ3v) is 2.62. The predicted molar refractivity (Wildman–Crippen MR) is 54.8 cm³/mol. The Labute approximate surface area is 84.8 Å². The molecule has 0 aliphatic heterocycles. The van der Waals surface area contributed by atoms with Crippen molar-refractivity contribution in [1.82, 2.24) is 9.97 Å². The minimum atomic E-state index is -0.347. The normalized spacial score (nSPS) is 10.3. The number of amides is 1. The smallest absolute Gasteiger partial charge is 0.224 e. The van der Waals surface area contributed by atoms with Crippen LogP contribution in [0.1, 0.15) is 5.01 Å². The Morgan fingerprint density at radius 1 is 1.64 bits per heavy atom. The van der Waals surface area contributed by atoms with Crippen molar-refractivity contribution in [3.8, 4) is 11.3 Å². The summed E-state index contributed by atoms with van der Waals surface area (Å²) in [6, 6.07) is 1.93. The zero-order valence-electron chi connectivity index (χ0n) is 7.36. The first-order valence-corrected chi connectivity index (χ1v) is 4.99. The van der Waals surface area contributed by atoms with Crippen LogP contribution in [-0.4, -0.2) is 15.9 Å². The van der Waals surface area contributed by atoms with Crippen molar-refractivity contribution in [2.24, 2.45) is 5.73 Å². The number of hydrogen-bond acceptors (Lipinski definition) is 3. The molecule has 0 aliphatic carbocycles. The standard InChI is InChI=1S/C9H9N3OS/c10-8(13)3-9-12-7(5-14-9)6-1-2-11-4-6/h1-2,4-5,11H,3H2,(H2,10,13). The third kappa shape index (κ3) is 1.82. The predicted octanol–water partition coefficient (Wildman–Crippen LogP) is 1.17. The molecule has 0 aliphatic rings. The van der Waals surface area contributed by atoms with E-state index in [1.807, 2.05) is 23.8 Å². The van der Waals surface area contributed by atoms with Gasteiger partial charge in [0.05, 0.1) is 12.1 Å². The molecule has 2 heterocycles. The number of primary amides is 1. The Balaban J connectivity index is 2.22. The summed E-state index contributed by atoms with van der Waals surface area (Å²) in [6.07, 6.45) is 3.92. The molecule has 0 bridgehead atoms. The number of nitrogens with two attached hydrogens (primary N) is 1. The van der Waals surface area contributed by atoms with Gasteiger partial charge >= 0.3 is 0 Å². The lowest BCUT2D eigenvalue weighted by Gasteiger charge is -1.89. The first-order valence-electron chi connectivity index (χ1n) is 4.11. The van der Waals surface area contributed by atoms with E-state index in [2.05, 4.69) is 9.97 Å². The van der Waals surface area contributed by atoms with E-state index in [0.717, 1.165) is 16.3 Å². The molecule has 14 heavy (non-hydrogen) atoms.